The van der Waals surface area contributed by atoms with E-state index >= 15 is 0 Å². The van der Waals surface area contributed by atoms with Crippen molar-refractivity contribution in [1.29, 1.82) is 0 Å². The van der Waals surface area contributed by atoms with E-state index in [0.717, 1.165) is 5.76 Å². The number of nitrogens with zero attached hydrogens (tertiary/aromatic N) is 1. The summed E-state index contributed by atoms with van der Waals surface area (Å²) in [6, 6.07) is 0. The van der Waals surface area contributed by atoms with Crippen molar-refractivity contribution in [3.05, 3.63) is 21.8 Å². The second-order valence-electron chi connectivity index (χ2n) is 1.84. The lowest BCUT2D eigenvalue weighted by Gasteiger charge is -2.17. The Balaban J connectivity index is 2.33. The zero-order valence-electron chi connectivity index (χ0n) is 5.21. The smallest absolute Gasteiger partial charge is 0.262 e. The number of ether oxygens (including phenoxy) is 2. The molecule has 2 rings (SSSR count). The third-order valence-corrected chi connectivity index (χ3v) is 2.58. The molecular weight excluding hydrogens is 245 g/mol. The van der Waals surface area contributed by atoms with Crippen LogP contribution in [0.1, 0.15) is 0 Å². The van der Waals surface area contributed by atoms with Crippen molar-refractivity contribution in [1.82, 2.24) is 0 Å². The van der Waals surface area contributed by atoms with Crippen LogP contribution in [-0.4, -0.2) is 13.2 Å². The van der Waals surface area contributed by atoms with Gasteiger partial charge in [0.25, 0.3) is 5.88 Å². The van der Waals surface area contributed by atoms with Crippen LogP contribution < -0.4 is 0 Å². The minimum absolute atomic E-state index is 0.150. The van der Waals surface area contributed by atoms with Crippen LogP contribution in [0.4, 0.5) is 0 Å². The number of rotatable bonds is 0. The summed E-state index contributed by atoms with van der Waals surface area (Å²) in [6.07, 6.45) is 1.95. The third-order valence-electron chi connectivity index (χ3n) is 1.19. The molecule has 2 aliphatic heterocycles. The van der Waals surface area contributed by atoms with E-state index < -0.39 is 0 Å². The molecule has 10 heavy (non-hydrogen) atoms. The van der Waals surface area contributed by atoms with Gasteiger partial charge in [0.05, 0.1) is 0 Å². The Labute approximate surface area is 68.9 Å². The summed E-state index contributed by atoms with van der Waals surface area (Å²) >= 11 is -0.150. The van der Waals surface area contributed by atoms with E-state index in [0.29, 0.717) is 19.1 Å². The molecule has 0 aliphatic carbocycles. The molecule has 0 radical (unpaired) electrons. The monoisotopic (exact) mass is 251 g/mol. The van der Waals surface area contributed by atoms with Gasteiger partial charge >= 0.3 is 0 Å². The molecule has 0 fully saturated rings. The standard InChI is InChI=1S/C6H6INO2/c1-2-7-8-6-5(1)9-3-4-10-6/h1-2H,3-4H2. The van der Waals surface area contributed by atoms with Crippen molar-refractivity contribution in [2.24, 2.45) is 3.15 Å². The first kappa shape index (κ1) is 6.33. The van der Waals surface area contributed by atoms with Crippen LogP contribution in [0.25, 0.3) is 0 Å². The Morgan fingerprint density at radius 3 is 3.20 bits per heavy atom. The fourth-order valence-electron chi connectivity index (χ4n) is 0.766. The zero-order valence-corrected chi connectivity index (χ0v) is 7.37. The van der Waals surface area contributed by atoms with Crippen molar-refractivity contribution < 1.29 is 9.47 Å². The highest BCUT2D eigenvalue weighted by molar-refractivity contribution is 14.2. The molecule has 4 heteroatoms. The Morgan fingerprint density at radius 2 is 2.30 bits per heavy atom. The normalized spacial score (nSPS) is 22.4. The Kier molecular flexibility index (Phi) is 1.70. The van der Waals surface area contributed by atoms with Crippen molar-refractivity contribution in [3.8, 4) is 0 Å². The molecule has 3 nitrogen and oxygen atoms in total. The second kappa shape index (κ2) is 2.69. The van der Waals surface area contributed by atoms with Crippen molar-refractivity contribution in [2.75, 3.05) is 13.2 Å². The van der Waals surface area contributed by atoms with Gasteiger partial charge < -0.3 is 9.47 Å². The van der Waals surface area contributed by atoms with Crippen LogP contribution in [0.5, 0.6) is 0 Å². The highest BCUT2D eigenvalue weighted by Crippen LogP contribution is 2.25. The molecule has 0 atom stereocenters. The molecule has 0 N–H and O–H groups in total. The van der Waals surface area contributed by atoms with Gasteiger partial charge in [-0.15, -0.1) is 0 Å². The molecule has 0 amide bonds. The van der Waals surface area contributed by atoms with Crippen LogP contribution in [0, 0.1) is 0 Å². The van der Waals surface area contributed by atoms with Gasteiger partial charge in [-0.25, -0.2) is 0 Å². The molecule has 2 aliphatic rings. The highest BCUT2D eigenvalue weighted by atomic mass is 127. The minimum atomic E-state index is -0.150. The molecule has 54 valence electrons. The fraction of sp³-hybridized carbons (Fsp3) is 0.333. The van der Waals surface area contributed by atoms with Gasteiger partial charge in [0.1, 0.15) is 13.2 Å². The summed E-state index contributed by atoms with van der Waals surface area (Å²) < 4.78 is 16.8. The first-order chi connectivity index (χ1) is 4.97. The summed E-state index contributed by atoms with van der Waals surface area (Å²) in [6.45, 7) is 1.29. The predicted octanol–water partition coefficient (Wildman–Crippen LogP) is 1.88. The Morgan fingerprint density at radius 1 is 1.40 bits per heavy atom. The fourth-order valence-corrected chi connectivity index (χ4v) is 2.04. The molecule has 0 saturated heterocycles. The molecule has 2 heterocycles. The predicted molar refractivity (Wildman–Crippen MR) is 44.5 cm³/mol. The molecule has 0 saturated carbocycles. The van der Waals surface area contributed by atoms with Gasteiger partial charge in [-0.3, -0.25) is 0 Å². The van der Waals surface area contributed by atoms with E-state index in [1.165, 1.54) is 0 Å². The number of allylic oxidation sites excluding steroid dienone is 1. The molecule has 0 unspecified atom stereocenters. The SMILES string of the molecule is C1=CC2=C(N=I1)OCCO2. The van der Waals surface area contributed by atoms with Gasteiger partial charge in [0.2, 0.25) is 0 Å². The first-order valence-corrected chi connectivity index (χ1v) is 5.18. The molecule has 0 aromatic rings. The molecule has 0 bridgehead atoms. The molecule has 0 spiro atoms. The number of halogens is 1. The van der Waals surface area contributed by atoms with Gasteiger partial charge in [-0.2, -0.15) is 3.15 Å². The molecular formula is C6H6INO2. The Hall–Kier alpha value is -0.390. The number of hydrogen-bond acceptors (Lipinski definition) is 3. The molecule has 0 aromatic heterocycles. The zero-order chi connectivity index (χ0) is 6.81. The lowest BCUT2D eigenvalue weighted by Crippen LogP contribution is -2.11. The summed E-state index contributed by atoms with van der Waals surface area (Å²) in [4.78, 5) is 0. The van der Waals surface area contributed by atoms with E-state index in [4.69, 9.17) is 9.47 Å². The van der Waals surface area contributed by atoms with Crippen LogP contribution in [-0.2, 0) is 9.47 Å². The maximum absolute atomic E-state index is 5.27. The number of hydrogen-bond donors (Lipinski definition) is 0. The summed E-state index contributed by atoms with van der Waals surface area (Å²) in [5, 5.41) is 0. The topological polar surface area (TPSA) is 30.8 Å². The summed E-state index contributed by atoms with van der Waals surface area (Å²) in [7, 11) is 0. The van der Waals surface area contributed by atoms with E-state index in [-0.39, 0.29) is 21.0 Å². The van der Waals surface area contributed by atoms with Crippen LogP contribution in [0.3, 0.4) is 0 Å². The maximum Gasteiger partial charge on any atom is 0.262 e. The van der Waals surface area contributed by atoms with Gasteiger partial charge in [0.15, 0.2) is 5.76 Å². The highest BCUT2D eigenvalue weighted by Gasteiger charge is 2.13. The molecule has 0 aromatic carbocycles. The van der Waals surface area contributed by atoms with Crippen LogP contribution >= 0.6 is 21.0 Å². The lowest BCUT2D eigenvalue weighted by molar-refractivity contribution is 0.0695. The Bertz CT molecular complexity index is 208. The van der Waals surface area contributed by atoms with E-state index in [9.17, 15) is 0 Å². The summed E-state index contributed by atoms with van der Waals surface area (Å²) in [5.74, 6) is 1.51. The van der Waals surface area contributed by atoms with E-state index in [1.807, 2.05) is 6.08 Å². The summed E-state index contributed by atoms with van der Waals surface area (Å²) in [5.41, 5.74) is 0. The first-order valence-electron chi connectivity index (χ1n) is 2.97. The second-order valence-corrected chi connectivity index (χ2v) is 3.60. The average molecular weight is 251 g/mol. The lowest BCUT2D eigenvalue weighted by atomic mass is 10.5. The van der Waals surface area contributed by atoms with Gasteiger partial charge in [-0.05, 0) is 10.2 Å². The van der Waals surface area contributed by atoms with Crippen LogP contribution in [0.2, 0.25) is 0 Å². The van der Waals surface area contributed by atoms with Crippen molar-refractivity contribution in [3.63, 3.8) is 0 Å². The van der Waals surface area contributed by atoms with Crippen molar-refractivity contribution in [2.45, 2.75) is 0 Å². The van der Waals surface area contributed by atoms with E-state index in [2.05, 4.69) is 7.23 Å². The minimum Gasteiger partial charge on any atom is -0.484 e. The largest absolute Gasteiger partial charge is 0.484 e. The quantitative estimate of drug-likeness (QED) is 0.615. The van der Waals surface area contributed by atoms with Gasteiger partial charge in [0, 0.05) is 21.0 Å². The third kappa shape index (κ3) is 1.07. The van der Waals surface area contributed by atoms with Crippen molar-refractivity contribution >= 4 is 21.0 Å². The van der Waals surface area contributed by atoms with Crippen LogP contribution in [0.15, 0.2) is 24.9 Å². The average Bonchev–Trinajstić information content (AvgIpc) is 2.05. The van der Waals surface area contributed by atoms with E-state index in [1.54, 1.807) is 0 Å². The maximum atomic E-state index is 5.27. The van der Waals surface area contributed by atoms with Gasteiger partial charge in [-0.1, -0.05) is 0 Å².